The Morgan fingerprint density at radius 3 is 1.94 bits per heavy atom. The molecule has 7 nitrogen and oxygen atoms in total. The van der Waals surface area contributed by atoms with Crippen molar-refractivity contribution in [3.8, 4) is 11.1 Å². The number of hydrogen-bond acceptors (Lipinski definition) is 4. The Morgan fingerprint density at radius 1 is 0.886 bits per heavy atom. The van der Waals surface area contributed by atoms with Gasteiger partial charge in [0.2, 0.25) is 5.91 Å². The summed E-state index contributed by atoms with van der Waals surface area (Å²) in [7, 11) is 0. The fraction of sp³-hybridized carbons (Fsp3) is 0.464. The van der Waals surface area contributed by atoms with Crippen molar-refractivity contribution in [3.63, 3.8) is 0 Å². The number of hydrogen-bond donors (Lipinski definition) is 3. The van der Waals surface area contributed by atoms with E-state index in [4.69, 9.17) is 4.74 Å². The van der Waals surface area contributed by atoms with Crippen LogP contribution < -0.4 is 10.6 Å². The van der Waals surface area contributed by atoms with Gasteiger partial charge in [0.1, 0.15) is 12.6 Å². The monoisotopic (exact) mass is 480 g/mol. The molecule has 188 valence electrons. The molecule has 1 aliphatic carbocycles. The van der Waals surface area contributed by atoms with Crippen molar-refractivity contribution in [2.45, 2.75) is 52.5 Å². The molecule has 2 atom stereocenters. The number of carbonyl (C=O) groups is 3. The highest BCUT2D eigenvalue weighted by Gasteiger charge is 2.30. The quantitative estimate of drug-likeness (QED) is 0.428. The van der Waals surface area contributed by atoms with E-state index in [1.807, 2.05) is 52.0 Å². The number of ether oxygens (including phenoxy) is 1. The minimum absolute atomic E-state index is 0.0460. The van der Waals surface area contributed by atoms with Gasteiger partial charge in [-0.2, -0.15) is 0 Å². The molecule has 35 heavy (non-hydrogen) atoms. The third-order valence-electron chi connectivity index (χ3n) is 6.28. The van der Waals surface area contributed by atoms with Gasteiger partial charge in [0.15, 0.2) is 0 Å². The van der Waals surface area contributed by atoms with Gasteiger partial charge in [-0.25, -0.2) is 9.59 Å². The van der Waals surface area contributed by atoms with Gasteiger partial charge < -0.3 is 20.5 Å². The SMILES string of the molecule is CC(C)CC(CNC(=O)OCC1c2ccccc2-c2ccccc21)C(=O)N[C@@H](CC(C)C)C(=O)O. The fourth-order valence-corrected chi connectivity index (χ4v) is 4.69. The number of carboxylic acid groups (broad SMARTS) is 1. The predicted molar refractivity (Wildman–Crippen MR) is 135 cm³/mol. The largest absolute Gasteiger partial charge is 0.480 e. The molecular weight excluding hydrogens is 444 g/mol. The van der Waals surface area contributed by atoms with Crippen LogP contribution in [0.25, 0.3) is 11.1 Å². The molecule has 0 fully saturated rings. The van der Waals surface area contributed by atoms with Gasteiger partial charge in [-0.05, 0) is 46.9 Å². The van der Waals surface area contributed by atoms with Gasteiger partial charge in [0.25, 0.3) is 0 Å². The number of aliphatic carboxylic acids is 1. The molecule has 0 saturated heterocycles. The Bertz CT molecular complexity index is 1000. The Kier molecular flexibility index (Phi) is 8.90. The summed E-state index contributed by atoms with van der Waals surface area (Å²) in [4.78, 5) is 37.0. The van der Waals surface area contributed by atoms with Crippen molar-refractivity contribution >= 4 is 18.0 Å². The molecule has 2 aromatic rings. The van der Waals surface area contributed by atoms with E-state index in [9.17, 15) is 19.5 Å². The van der Waals surface area contributed by atoms with E-state index in [-0.39, 0.29) is 36.8 Å². The zero-order valence-corrected chi connectivity index (χ0v) is 20.9. The lowest BCUT2D eigenvalue weighted by Gasteiger charge is -2.23. The molecule has 0 heterocycles. The van der Waals surface area contributed by atoms with Gasteiger partial charge in [-0.1, -0.05) is 76.2 Å². The molecule has 2 aromatic carbocycles. The van der Waals surface area contributed by atoms with Crippen molar-refractivity contribution < 1.29 is 24.2 Å². The average molecular weight is 481 g/mol. The molecule has 0 aromatic heterocycles. The third-order valence-corrected chi connectivity index (χ3v) is 6.28. The van der Waals surface area contributed by atoms with E-state index in [1.54, 1.807) is 0 Å². The predicted octanol–water partition coefficient (Wildman–Crippen LogP) is 4.80. The van der Waals surface area contributed by atoms with Crippen molar-refractivity contribution in [1.82, 2.24) is 10.6 Å². The molecular formula is C28H36N2O5. The van der Waals surface area contributed by atoms with Crippen LogP contribution in [0.15, 0.2) is 48.5 Å². The fourth-order valence-electron chi connectivity index (χ4n) is 4.69. The first-order valence-electron chi connectivity index (χ1n) is 12.3. The van der Waals surface area contributed by atoms with Crippen LogP contribution in [0, 0.1) is 17.8 Å². The smallest absolute Gasteiger partial charge is 0.407 e. The van der Waals surface area contributed by atoms with Crippen LogP contribution in [-0.2, 0) is 14.3 Å². The van der Waals surface area contributed by atoms with Gasteiger partial charge in [0.05, 0.1) is 5.92 Å². The van der Waals surface area contributed by atoms with Crippen molar-refractivity contribution in [3.05, 3.63) is 59.7 Å². The third kappa shape index (κ3) is 6.84. The van der Waals surface area contributed by atoms with Crippen LogP contribution >= 0.6 is 0 Å². The molecule has 0 spiro atoms. The standard InChI is InChI=1S/C28H36N2O5/c1-17(2)13-19(26(31)30-25(27(32)33)14-18(3)4)15-29-28(34)35-16-24-22-11-7-5-9-20(22)21-10-6-8-12-23(21)24/h5-12,17-19,24-25H,13-16H2,1-4H3,(H,29,34)(H,30,31)(H,32,33)/t19?,25-/m0/s1. The first kappa shape index (κ1) is 26.3. The maximum absolute atomic E-state index is 12.9. The van der Waals surface area contributed by atoms with Crippen LogP contribution in [-0.4, -0.2) is 42.3 Å². The van der Waals surface area contributed by atoms with Crippen LogP contribution in [0.4, 0.5) is 4.79 Å². The van der Waals surface area contributed by atoms with Gasteiger partial charge >= 0.3 is 12.1 Å². The average Bonchev–Trinajstić information content (AvgIpc) is 3.13. The molecule has 2 amide bonds. The molecule has 1 unspecified atom stereocenters. The Hall–Kier alpha value is -3.35. The summed E-state index contributed by atoms with van der Waals surface area (Å²) in [5.74, 6) is -1.70. The second-order valence-electron chi connectivity index (χ2n) is 10.1. The normalized spacial score (nSPS) is 14.2. The second-order valence-corrected chi connectivity index (χ2v) is 10.1. The van der Waals surface area contributed by atoms with E-state index < -0.39 is 24.0 Å². The summed E-state index contributed by atoms with van der Waals surface area (Å²) in [5, 5.41) is 14.8. The topological polar surface area (TPSA) is 105 Å². The van der Waals surface area contributed by atoms with Crippen LogP contribution in [0.1, 0.15) is 57.6 Å². The lowest BCUT2D eigenvalue weighted by atomic mass is 9.95. The highest BCUT2D eigenvalue weighted by molar-refractivity contribution is 5.85. The van der Waals surface area contributed by atoms with Gasteiger partial charge in [-0.3, -0.25) is 4.79 Å². The Morgan fingerprint density at radius 2 is 1.43 bits per heavy atom. The number of amides is 2. The Balaban J connectivity index is 1.59. The molecule has 3 rings (SSSR count). The van der Waals surface area contributed by atoms with E-state index >= 15 is 0 Å². The number of carboxylic acids is 1. The molecule has 7 heteroatoms. The Labute approximate surface area is 207 Å². The van der Waals surface area contributed by atoms with E-state index in [0.29, 0.717) is 12.8 Å². The van der Waals surface area contributed by atoms with Crippen molar-refractivity contribution in [2.24, 2.45) is 17.8 Å². The lowest BCUT2D eigenvalue weighted by Crippen LogP contribution is -2.47. The first-order valence-corrected chi connectivity index (χ1v) is 12.3. The molecule has 0 saturated carbocycles. The summed E-state index contributed by atoms with van der Waals surface area (Å²) < 4.78 is 5.57. The number of fused-ring (bicyclic) bond motifs is 3. The number of benzene rings is 2. The number of alkyl carbamates (subject to hydrolysis) is 1. The zero-order valence-electron chi connectivity index (χ0n) is 20.9. The molecule has 0 bridgehead atoms. The van der Waals surface area contributed by atoms with Crippen LogP contribution in [0.3, 0.4) is 0 Å². The van der Waals surface area contributed by atoms with Gasteiger partial charge in [0, 0.05) is 12.5 Å². The number of nitrogens with one attached hydrogen (secondary N) is 2. The first-order chi connectivity index (χ1) is 16.7. The van der Waals surface area contributed by atoms with E-state index in [1.165, 1.54) is 0 Å². The molecule has 0 radical (unpaired) electrons. The van der Waals surface area contributed by atoms with Crippen molar-refractivity contribution in [1.29, 1.82) is 0 Å². The van der Waals surface area contributed by atoms with E-state index in [0.717, 1.165) is 22.3 Å². The summed E-state index contributed by atoms with van der Waals surface area (Å²) in [6.07, 6.45) is 0.268. The van der Waals surface area contributed by atoms with E-state index in [2.05, 4.69) is 34.9 Å². The minimum Gasteiger partial charge on any atom is -0.480 e. The summed E-state index contributed by atoms with van der Waals surface area (Å²) >= 11 is 0. The number of carbonyl (C=O) groups excluding carboxylic acids is 2. The highest BCUT2D eigenvalue weighted by atomic mass is 16.5. The van der Waals surface area contributed by atoms with Gasteiger partial charge in [-0.15, -0.1) is 0 Å². The minimum atomic E-state index is -1.06. The zero-order chi connectivity index (χ0) is 25.5. The lowest BCUT2D eigenvalue weighted by molar-refractivity contribution is -0.143. The molecule has 0 aliphatic heterocycles. The molecule has 3 N–H and O–H groups in total. The molecule has 1 aliphatic rings. The summed E-state index contributed by atoms with van der Waals surface area (Å²) in [6.45, 7) is 8.05. The van der Waals surface area contributed by atoms with Crippen LogP contribution in [0.2, 0.25) is 0 Å². The summed E-state index contributed by atoms with van der Waals surface area (Å²) in [5.41, 5.74) is 4.56. The maximum Gasteiger partial charge on any atom is 0.407 e. The van der Waals surface area contributed by atoms with Crippen molar-refractivity contribution in [2.75, 3.05) is 13.2 Å². The van der Waals surface area contributed by atoms with Crippen LogP contribution in [0.5, 0.6) is 0 Å². The maximum atomic E-state index is 12.9. The summed E-state index contributed by atoms with van der Waals surface area (Å²) in [6, 6.07) is 15.3. The number of rotatable bonds is 11. The second kappa shape index (κ2) is 11.9. The highest BCUT2D eigenvalue weighted by Crippen LogP contribution is 2.44.